The summed E-state index contributed by atoms with van der Waals surface area (Å²) in [6.45, 7) is 3.67. The van der Waals surface area contributed by atoms with Gasteiger partial charge < -0.3 is 10.2 Å². The lowest BCUT2D eigenvalue weighted by atomic mass is 10.1. The van der Waals surface area contributed by atoms with Crippen LogP contribution in [0.4, 0.5) is 0 Å². The van der Waals surface area contributed by atoms with Crippen molar-refractivity contribution in [3.8, 4) is 0 Å². The Morgan fingerprint density at radius 2 is 1.79 bits per heavy atom. The third-order valence-electron chi connectivity index (χ3n) is 1.26. The summed E-state index contributed by atoms with van der Waals surface area (Å²) in [6, 6.07) is 0. The van der Waals surface area contributed by atoms with E-state index in [1.54, 1.807) is 0 Å². The van der Waals surface area contributed by atoms with Crippen molar-refractivity contribution in [3.63, 3.8) is 0 Å². The molecule has 0 atom stereocenters. The van der Waals surface area contributed by atoms with E-state index < -0.39 is 11.9 Å². The van der Waals surface area contributed by atoms with Crippen LogP contribution in [-0.4, -0.2) is 32.7 Å². The maximum absolute atomic E-state index is 10.4. The first kappa shape index (κ1) is 13.6. The Balaban J connectivity index is 3.65. The molecule has 0 fully saturated rings. The zero-order valence-electron chi connectivity index (χ0n) is 8.15. The number of carboxylic acid groups (broad SMARTS) is 2. The smallest absolute Gasteiger partial charge is 0.304 e. The van der Waals surface area contributed by atoms with Gasteiger partial charge in [0.1, 0.15) is 0 Å². The molecule has 0 aliphatic heterocycles. The van der Waals surface area contributed by atoms with Gasteiger partial charge in [0.2, 0.25) is 0 Å². The predicted molar refractivity (Wildman–Crippen MR) is 58.6 cm³/mol. The van der Waals surface area contributed by atoms with Crippen molar-refractivity contribution in [2.75, 3.05) is 5.75 Å². The molecule has 6 heteroatoms. The van der Waals surface area contributed by atoms with E-state index in [4.69, 9.17) is 10.2 Å². The van der Waals surface area contributed by atoms with E-state index in [2.05, 4.69) is 0 Å². The lowest BCUT2D eigenvalue weighted by Gasteiger charge is -2.20. The molecule has 4 nitrogen and oxygen atoms in total. The van der Waals surface area contributed by atoms with Crippen molar-refractivity contribution in [1.29, 1.82) is 0 Å². The summed E-state index contributed by atoms with van der Waals surface area (Å²) in [5.41, 5.74) is 0. The van der Waals surface area contributed by atoms with Crippen molar-refractivity contribution < 1.29 is 19.8 Å². The molecule has 0 aromatic carbocycles. The molecule has 0 aliphatic carbocycles. The maximum Gasteiger partial charge on any atom is 0.304 e. The highest BCUT2D eigenvalue weighted by Crippen LogP contribution is 2.38. The Kier molecular flexibility index (Phi) is 6.03. The van der Waals surface area contributed by atoms with Gasteiger partial charge in [0, 0.05) is 10.5 Å². The van der Waals surface area contributed by atoms with Crippen LogP contribution in [0.2, 0.25) is 0 Å². The minimum atomic E-state index is -0.832. The van der Waals surface area contributed by atoms with Crippen LogP contribution in [0.1, 0.15) is 26.7 Å². The molecule has 0 aromatic heterocycles. The number of carboxylic acids is 2. The molecule has 0 aliphatic rings. The summed E-state index contributed by atoms with van der Waals surface area (Å²) in [7, 11) is 2.82. The maximum atomic E-state index is 10.4. The molecule has 0 spiro atoms. The van der Waals surface area contributed by atoms with Gasteiger partial charge in [0.15, 0.2) is 0 Å². The van der Waals surface area contributed by atoms with E-state index in [0.29, 0.717) is 5.75 Å². The molecule has 0 heterocycles. The molecular formula is C8H14O4S2. The van der Waals surface area contributed by atoms with E-state index in [-0.39, 0.29) is 17.6 Å². The van der Waals surface area contributed by atoms with E-state index >= 15 is 0 Å². The van der Waals surface area contributed by atoms with Crippen molar-refractivity contribution in [2.24, 2.45) is 0 Å². The van der Waals surface area contributed by atoms with Crippen LogP contribution in [-0.2, 0) is 9.59 Å². The Labute approximate surface area is 90.9 Å². The van der Waals surface area contributed by atoms with Gasteiger partial charge in [-0.15, -0.1) is 0 Å². The van der Waals surface area contributed by atoms with Crippen LogP contribution in [0.3, 0.4) is 0 Å². The second-order valence-corrected chi connectivity index (χ2v) is 6.50. The van der Waals surface area contributed by atoms with Gasteiger partial charge in [-0.1, -0.05) is 21.6 Å². The second-order valence-electron chi connectivity index (χ2n) is 3.38. The Morgan fingerprint density at radius 3 is 2.21 bits per heavy atom. The largest absolute Gasteiger partial charge is 0.481 e. The number of carbonyl (C=O) groups is 2. The second kappa shape index (κ2) is 6.19. The third kappa shape index (κ3) is 8.25. The fourth-order valence-corrected chi connectivity index (χ4v) is 3.20. The van der Waals surface area contributed by atoms with E-state index in [1.165, 1.54) is 21.6 Å². The van der Waals surface area contributed by atoms with Crippen LogP contribution < -0.4 is 0 Å². The summed E-state index contributed by atoms with van der Waals surface area (Å²) >= 11 is 0. The van der Waals surface area contributed by atoms with Crippen LogP contribution in [0.5, 0.6) is 0 Å². The molecule has 0 unspecified atom stereocenters. The first-order valence-electron chi connectivity index (χ1n) is 4.08. The minimum Gasteiger partial charge on any atom is -0.481 e. The number of aliphatic carboxylic acids is 2. The van der Waals surface area contributed by atoms with Crippen molar-refractivity contribution >= 4 is 33.5 Å². The van der Waals surface area contributed by atoms with Gasteiger partial charge in [-0.2, -0.15) is 0 Å². The topological polar surface area (TPSA) is 74.6 Å². The Hall–Kier alpha value is -0.360. The van der Waals surface area contributed by atoms with E-state index in [1.807, 2.05) is 13.8 Å². The highest BCUT2D eigenvalue weighted by atomic mass is 33.1. The summed E-state index contributed by atoms with van der Waals surface area (Å²) in [5.74, 6) is -1.15. The zero-order chi connectivity index (χ0) is 11.2. The molecule has 2 N–H and O–H groups in total. The average molecular weight is 238 g/mol. The van der Waals surface area contributed by atoms with E-state index in [9.17, 15) is 9.59 Å². The molecule has 0 saturated heterocycles. The van der Waals surface area contributed by atoms with E-state index in [0.717, 1.165) is 0 Å². The van der Waals surface area contributed by atoms with Crippen LogP contribution in [0, 0.1) is 0 Å². The first-order valence-corrected chi connectivity index (χ1v) is 6.39. The van der Waals surface area contributed by atoms with Crippen LogP contribution in [0.15, 0.2) is 0 Å². The molecule has 0 rings (SSSR count). The third-order valence-corrected chi connectivity index (χ3v) is 4.55. The first-order chi connectivity index (χ1) is 6.33. The molecule has 0 radical (unpaired) electrons. The monoisotopic (exact) mass is 238 g/mol. The number of hydrogen-bond donors (Lipinski definition) is 2. The predicted octanol–water partition coefficient (Wildman–Crippen LogP) is 2.10. The van der Waals surface area contributed by atoms with Crippen LogP contribution >= 0.6 is 21.6 Å². The molecule has 0 bridgehead atoms. The van der Waals surface area contributed by atoms with Gasteiger partial charge in [-0.25, -0.2) is 0 Å². The SMILES string of the molecule is CC(C)(CC(=O)O)SSCCC(=O)O. The molecule has 0 saturated carbocycles. The molecule has 0 amide bonds. The van der Waals surface area contributed by atoms with Crippen molar-refractivity contribution in [2.45, 2.75) is 31.4 Å². The lowest BCUT2D eigenvalue weighted by molar-refractivity contribution is -0.138. The normalized spacial score (nSPS) is 11.3. The Morgan fingerprint density at radius 1 is 1.21 bits per heavy atom. The number of hydrogen-bond acceptors (Lipinski definition) is 4. The summed E-state index contributed by atoms with van der Waals surface area (Å²) in [4.78, 5) is 20.6. The van der Waals surface area contributed by atoms with Gasteiger partial charge in [-0.3, -0.25) is 9.59 Å². The molecule has 82 valence electrons. The van der Waals surface area contributed by atoms with Crippen molar-refractivity contribution in [1.82, 2.24) is 0 Å². The highest BCUT2D eigenvalue weighted by Gasteiger charge is 2.22. The summed E-state index contributed by atoms with van der Waals surface area (Å²) < 4.78 is -0.352. The number of rotatable bonds is 7. The summed E-state index contributed by atoms with van der Waals surface area (Å²) in [6.07, 6.45) is 0.193. The van der Waals surface area contributed by atoms with Gasteiger partial charge in [0.25, 0.3) is 0 Å². The fraction of sp³-hybridized carbons (Fsp3) is 0.750. The zero-order valence-corrected chi connectivity index (χ0v) is 9.78. The molecular weight excluding hydrogens is 224 g/mol. The minimum absolute atomic E-state index is 0.0811. The Bertz CT molecular complexity index is 215. The van der Waals surface area contributed by atoms with Gasteiger partial charge in [-0.05, 0) is 13.8 Å². The van der Waals surface area contributed by atoms with Gasteiger partial charge >= 0.3 is 11.9 Å². The van der Waals surface area contributed by atoms with Crippen molar-refractivity contribution in [3.05, 3.63) is 0 Å². The average Bonchev–Trinajstić information content (AvgIpc) is 1.95. The quantitative estimate of drug-likeness (QED) is 0.522. The molecule has 14 heavy (non-hydrogen) atoms. The fourth-order valence-electron chi connectivity index (χ4n) is 0.724. The standard InChI is InChI=1S/C8H14O4S2/c1-8(2,5-7(11)12)14-13-4-3-6(9)10/h3-5H2,1-2H3,(H,9,10)(H,11,12). The van der Waals surface area contributed by atoms with Crippen LogP contribution in [0.25, 0.3) is 0 Å². The molecule has 0 aromatic rings. The lowest BCUT2D eigenvalue weighted by Crippen LogP contribution is -2.18. The highest BCUT2D eigenvalue weighted by molar-refractivity contribution is 8.77. The van der Waals surface area contributed by atoms with Gasteiger partial charge in [0.05, 0.1) is 12.8 Å². The summed E-state index contributed by atoms with van der Waals surface area (Å²) in [5, 5.41) is 16.9.